The topological polar surface area (TPSA) is 64.7 Å². The second-order valence-corrected chi connectivity index (χ2v) is 3.57. The standard InChI is InChI=1S/C13H12N2O2/c1-17-13-7-6-9(8-11(13)14)10-4-2-3-5-12(10)15-16/h2-8H,14H2,1H3. The summed E-state index contributed by atoms with van der Waals surface area (Å²) in [5.74, 6) is 0.616. The van der Waals surface area contributed by atoms with E-state index in [0.717, 1.165) is 11.1 Å². The fourth-order valence-corrected chi connectivity index (χ4v) is 1.70. The number of ether oxygens (including phenoxy) is 1. The maximum absolute atomic E-state index is 10.7. The maximum Gasteiger partial charge on any atom is 0.141 e. The molecule has 0 amide bonds. The van der Waals surface area contributed by atoms with Gasteiger partial charge >= 0.3 is 0 Å². The van der Waals surface area contributed by atoms with Crippen molar-refractivity contribution in [1.29, 1.82) is 0 Å². The van der Waals surface area contributed by atoms with Crippen LogP contribution in [0.25, 0.3) is 11.1 Å². The lowest BCUT2D eigenvalue weighted by atomic mass is 10.0. The number of nitrogens with two attached hydrogens (primary N) is 1. The maximum atomic E-state index is 10.7. The average Bonchev–Trinajstić information content (AvgIpc) is 2.38. The van der Waals surface area contributed by atoms with E-state index in [1.807, 2.05) is 18.2 Å². The van der Waals surface area contributed by atoms with Crippen LogP contribution < -0.4 is 10.5 Å². The van der Waals surface area contributed by atoms with Crippen molar-refractivity contribution in [3.8, 4) is 16.9 Å². The van der Waals surface area contributed by atoms with Crippen LogP contribution in [0.1, 0.15) is 0 Å². The van der Waals surface area contributed by atoms with E-state index < -0.39 is 0 Å². The highest BCUT2D eigenvalue weighted by molar-refractivity contribution is 5.78. The van der Waals surface area contributed by atoms with E-state index >= 15 is 0 Å². The van der Waals surface area contributed by atoms with E-state index in [1.54, 1.807) is 31.4 Å². The molecular formula is C13H12N2O2. The van der Waals surface area contributed by atoms with Gasteiger partial charge in [-0.2, -0.15) is 0 Å². The summed E-state index contributed by atoms with van der Waals surface area (Å²) in [6.45, 7) is 0. The van der Waals surface area contributed by atoms with Gasteiger partial charge in [-0.1, -0.05) is 24.3 Å². The van der Waals surface area contributed by atoms with Crippen molar-refractivity contribution in [1.82, 2.24) is 0 Å². The van der Waals surface area contributed by atoms with E-state index in [0.29, 0.717) is 17.1 Å². The first kappa shape index (κ1) is 11.1. The molecule has 0 spiro atoms. The smallest absolute Gasteiger partial charge is 0.141 e. The number of nitrogens with zero attached hydrogens (tertiary/aromatic N) is 1. The predicted octanol–water partition coefficient (Wildman–Crippen LogP) is 3.34. The van der Waals surface area contributed by atoms with Gasteiger partial charge in [0, 0.05) is 5.56 Å². The molecule has 0 saturated carbocycles. The average molecular weight is 228 g/mol. The van der Waals surface area contributed by atoms with Gasteiger partial charge in [-0.25, -0.2) is 0 Å². The van der Waals surface area contributed by atoms with Crippen LogP contribution in [0, 0.1) is 4.91 Å². The minimum atomic E-state index is 0.400. The third-order valence-electron chi connectivity index (χ3n) is 2.54. The van der Waals surface area contributed by atoms with Crippen LogP contribution in [0.5, 0.6) is 5.75 Å². The molecule has 86 valence electrons. The Hall–Kier alpha value is -2.36. The summed E-state index contributed by atoms with van der Waals surface area (Å²) in [6.07, 6.45) is 0. The molecular weight excluding hydrogens is 216 g/mol. The molecule has 4 nitrogen and oxygen atoms in total. The molecule has 2 rings (SSSR count). The summed E-state index contributed by atoms with van der Waals surface area (Å²) in [5.41, 5.74) is 8.37. The first-order valence-electron chi connectivity index (χ1n) is 5.12. The van der Waals surface area contributed by atoms with Crippen molar-refractivity contribution in [2.24, 2.45) is 5.18 Å². The van der Waals surface area contributed by atoms with Gasteiger partial charge < -0.3 is 10.5 Å². The Balaban J connectivity index is 2.53. The van der Waals surface area contributed by atoms with Gasteiger partial charge in [0.25, 0.3) is 0 Å². The zero-order valence-electron chi connectivity index (χ0n) is 9.38. The minimum Gasteiger partial charge on any atom is -0.495 e. The van der Waals surface area contributed by atoms with Crippen molar-refractivity contribution < 1.29 is 4.74 Å². The van der Waals surface area contributed by atoms with Gasteiger partial charge in [0.1, 0.15) is 11.4 Å². The number of benzene rings is 2. The van der Waals surface area contributed by atoms with Crippen molar-refractivity contribution >= 4 is 11.4 Å². The van der Waals surface area contributed by atoms with Crippen molar-refractivity contribution in [3.05, 3.63) is 47.4 Å². The Morgan fingerprint density at radius 2 is 1.94 bits per heavy atom. The van der Waals surface area contributed by atoms with Gasteiger partial charge in [-0.3, -0.25) is 0 Å². The van der Waals surface area contributed by atoms with Crippen LogP contribution in [0.15, 0.2) is 47.6 Å². The van der Waals surface area contributed by atoms with Crippen molar-refractivity contribution in [2.45, 2.75) is 0 Å². The Bertz CT molecular complexity index is 553. The number of hydrogen-bond acceptors (Lipinski definition) is 4. The number of nitrogen functional groups attached to an aromatic ring is 1. The van der Waals surface area contributed by atoms with E-state index in [9.17, 15) is 4.91 Å². The van der Waals surface area contributed by atoms with Crippen LogP contribution in [0.2, 0.25) is 0 Å². The molecule has 17 heavy (non-hydrogen) atoms. The summed E-state index contributed by atoms with van der Waals surface area (Å²) in [6, 6.07) is 12.5. The molecule has 2 aromatic rings. The lowest BCUT2D eigenvalue weighted by molar-refractivity contribution is 0.417. The molecule has 0 radical (unpaired) electrons. The quantitative estimate of drug-likeness (QED) is 0.647. The summed E-state index contributed by atoms with van der Waals surface area (Å²) in [5, 5.41) is 3.00. The van der Waals surface area contributed by atoms with Crippen LogP contribution >= 0.6 is 0 Å². The molecule has 2 aromatic carbocycles. The highest BCUT2D eigenvalue weighted by Gasteiger charge is 2.07. The first-order chi connectivity index (χ1) is 8.26. The molecule has 0 unspecified atom stereocenters. The Labute approximate surface area is 99.0 Å². The second-order valence-electron chi connectivity index (χ2n) is 3.57. The lowest BCUT2D eigenvalue weighted by Crippen LogP contribution is -1.92. The Morgan fingerprint density at radius 3 is 2.59 bits per heavy atom. The summed E-state index contributed by atoms with van der Waals surface area (Å²) >= 11 is 0. The first-order valence-corrected chi connectivity index (χ1v) is 5.12. The van der Waals surface area contributed by atoms with Crippen LogP contribution in [0.4, 0.5) is 11.4 Å². The third kappa shape index (κ3) is 2.10. The highest BCUT2D eigenvalue weighted by atomic mass is 16.5. The SMILES string of the molecule is COc1ccc(-c2ccccc2N=O)cc1N. The Morgan fingerprint density at radius 1 is 1.18 bits per heavy atom. The molecule has 2 N–H and O–H groups in total. The highest BCUT2D eigenvalue weighted by Crippen LogP contribution is 2.33. The normalized spacial score (nSPS) is 9.94. The van der Waals surface area contributed by atoms with E-state index in [1.165, 1.54) is 0 Å². The predicted molar refractivity (Wildman–Crippen MR) is 68.3 cm³/mol. The van der Waals surface area contributed by atoms with Gasteiger partial charge in [0.15, 0.2) is 0 Å². The zero-order valence-corrected chi connectivity index (χ0v) is 9.38. The molecule has 0 saturated heterocycles. The van der Waals surface area contributed by atoms with Crippen LogP contribution in [0.3, 0.4) is 0 Å². The molecule has 0 heterocycles. The number of rotatable bonds is 3. The summed E-state index contributed by atoms with van der Waals surface area (Å²) in [4.78, 5) is 10.7. The molecule has 0 atom stereocenters. The number of anilines is 1. The van der Waals surface area contributed by atoms with Crippen LogP contribution in [-0.4, -0.2) is 7.11 Å². The molecule has 0 aromatic heterocycles. The molecule has 0 fully saturated rings. The number of hydrogen-bond donors (Lipinski definition) is 1. The van der Waals surface area contributed by atoms with E-state index in [-0.39, 0.29) is 0 Å². The van der Waals surface area contributed by atoms with Gasteiger partial charge in [0.2, 0.25) is 0 Å². The Kier molecular flexibility index (Phi) is 3.05. The monoisotopic (exact) mass is 228 g/mol. The van der Waals surface area contributed by atoms with Gasteiger partial charge in [0.05, 0.1) is 12.8 Å². The fraction of sp³-hybridized carbons (Fsp3) is 0.0769. The lowest BCUT2D eigenvalue weighted by Gasteiger charge is -2.08. The van der Waals surface area contributed by atoms with Crippen molar-refractivity contribution in [3.63, 3.8) is 0 Å². The molecule has 0 aliphatic heterocycles. The number of nitroso groups, excluding NO2 is 1. The molecule has 0 aliphatic rings. The van der Waals surface area contributed by atoms with E-state index in [4.69, 9.17) is 10.5 Å². The van der Waals surface area contributed by atoms with Gasteiger partial charge in [-0.15, -0.1) is 4.91 Å². The zero-order chi connectivity index (χ0) is 12.3. The van der Waals surface area contributed by atoms with E-state index in [2.05, 4.69) is 5.18 Å². The summed E-state index contributed by atoms with van der Waals surface area (Å²) in [7, 11) is 1.56. The fourth-order valence-electron chi connectivity index (χ4n) is 1.70. The molecule has 4 heteroatoms. The van der Waals surface area contributed by atoms with Crippen LogP contribution in [-0.2, 0) is 0 Å². The van der Waals surface area contributed by atoms with Crippen molar-refractivity contribution in [2.75, 3.05) is 12.8 Å². The second kappa shape index (κ2) is 4.65. The third-order valence-corrected chi connectivity index (χ3v) is 2.54. The minimum absolute atomic E-state index is 0.400. The number of methoxy groups -OCH3 is 1. The molecule has 0 bridgehead atoms. The largest absolute Gasteiger partial charge is 0.495 e. The van der Waals surface area contributed by atoms with Gasteiger partial charge in [-0.05, 0) is 28.9 Å². The summed E-state index contributed by atoms with van der Waals surface area (Å²) < 4.78 is 5.08. The molecule has 0 aliphatic carbocycles.